The topological polar surface area (TPSA) is 37.3 Å². The van der Waals surface area contributed by atoms with Gasteiger partial charge < -0.3 is 5.11 Å². The summed E-state index contributed by atoms with van der Waals surface area (Å²) >= 11 is 0. The van der Waals surface area contributed by atoms with E-state index < -0.39 is 6.10 Å². The van der Waals surface area contributed by atoms with Crippen molar-refractivity contribution in [3.63, 3.8) is 0 Å². The number of hydrogen-bond donors (Lipinski definition) is 1. The molecule has 2 aliphatic rings. The molecule has 0 aromatic carbocycles. The average molecular weight is 304 g/mol. The van der Waals surface area contributed by atoms with E-state index in [-0.39, 0.29) is 5.41 Å². The van der Waals surface area contributed by atoms with Gasteiger partial charge in [-0.05, 0) is 73.8 Å². The second-order valence-corrected chi connectivity index (χ2v) is 8.44. The number of carbonyl (C=O) groups excluding carboxylic acids is 1. The number of aliphatic hydroxyl groups excluding tert-OH is 1. The molecule has 0 aromatic rings. The molecule has 0 bridgehead atoms. The minimum atomic E-state index is -0.515. The van der Waals surface area contributed by atoms with Crippen LogP contribution in [0.1, 0.15) is 66.7 Å². The molecule has 0 amide bonds. The van der Waals surface area contributed by atoms with Crippen molar-refractivity contribution in [3.8, 4) is 0 Å². The number of allylic oxidation sites excluding steroid dienone is 3. The lowest BCUT2D eigenvalue weighted by Crippen LogP contribution is -2.49. The molecule has 2 heteroatoms. The van der Waals surface area contributed by atoms with E-state index in [1.807, 2.05) is 6.92 Å². The molecule has 124 valence electrons. The molecule has 0 heterocycles. The van der Waals surface area contributed by atoms with E-state index in [0.717, 1.165) is 18.3 Å². The first-order valence-electron chi connectivity index (χ1n) is 8.69. The number of fused-ring (bicyclic) bond motifs is 1. The molecule has 4 atom stereocenters. The highest BCUT2D eigenvalue weighted by molar-refractivity contribution is 5.66. The van der Waals surface area contributed by atoms with Gasteiger partial charge in [-0.25, -0.2) is 0 Å². The molecule has 0 aliphatic heterocycles. The van der Waals surface area contributed by atoms with E-state index >= 15 is 0 Å². The van der Waals surface area contributed by atoms with Crippen molar-refractivity contribution in [1.82, 2.24) is 0 Å². The zero-order valence-electron chi connectivity index (χ0n) is 14.9. The van der Waals surface area contributed by atoms with Crippen molar-refractivity contribution in [2.75, 3.05) is 0 Å². The van der Waals surface area contributed by atoms with Crippen LogP contribution < -0.4 is 0 Å². The first kappa shape index (κ1) is 17.5. The maximum atomic E-state index is 10.7. The zero-order chi connectivity index (χ0) is 16.5. The van der Waals surface area contributed by atoms with Crippen LogP contribution in [0.2, 0.25) is 0 Å². The average Bonchev–Trinajstić information content (AvgIpc) is 2.42. The Balaban J connectivity index is 2.29. The molecule has 0 aromatic heterocycles. The lowest BCUT2D eigenvalue weighted by Gasteiger charge is -2.57. The van der Waals surface area contributed by atoms with E-state index in [1.54, 1.807) is 0 Å². The molecule has 2 nitrogen and oxygen atoms in total. The van der Waals surface area contributed by atoms with Crippen LogP contribution in [0.3, 0.4) is 0 Å². The molecule has 2 aliphatic carbocycles. The van der Waals surface area contributed by atoms with Crippen LogP contribution in [0.25, 0.3) is 0 Å². The van der Waals surface area contributed by atoms with E-state index in [1.165, 1.54) is 37.3 Å². The van der Waals surface area contributed by atoms with Crippen LogP contribution in [0.5, 0.6) is 0 Å². The SMILES string of the molecule is CC1=CC[C@H]2C(C)(C)CCC[C@]2(C)[C@H]1C[C@@H](O)/C(C)=C/C=O. The quantitative estimate of drug-likeness (QED) is 0.465. The van der Waals surface area contributed by atoms with Crippen LogP contribution in [0, 0.1) is 22.7 Å². The molecule has 0 unspecified atom stereocenters. The highest BCUT2D eigenvalue weighted by Gasteiger charge is 2.51. The molecule has 1 N–H and O–H groups in total. The Morgan fingerprint density at radius 3 is 2.73 bits per heavy atom. The third kappa shape index (κ3) is 3.08. The van der Waals surface area contributed by atoms with Gasteiger partial charge >= 0.3 is 0 Å². The van der Waals surface area contributed by atoms with E-state index in [9.17, 15) is 9.90 Å². The van der Waals surface area contributed by atoms with Gasteiger partial charge in [0.2, 0.25) is 0 Å². The highest BCUT2D eigenvalue weighted by atomic mass is 16.3. The summed E-state index contributed by atoms with van der Waals surface area (Å²) in [5.74, 6) is 1.10. The van der Waals surface area contributed by atoms with Crippen LogP contribution in [-0.2, 0) is 4.79 Å². The minimum absolute atomic E-state index is 0.267. The van der Waals surface area contributed by atoms with Crippen molar-refractivity contribution in [2.24, 2.45) is 22.7 Å². The Labute approximate surface area is 135 Å². The minimum Gasteiger partial charge on any atom is -0.389 e. The Kier molecular flexibility index (Phi) is 5.01. The third-order valence-electron chi connectivity index (χ3n) is 6.61. The smallest absolute Gasteiger partial charge is 0.142 e. The molecule has 1 saturated carbocycles. The summed E-state index contributed by atoms with van der Waals surface area (Å²) in [6.07, 6.45) is 9.90. The second-order valence-electron chi connectivity index (χ2n) is 8.44. The molecular weight excluding hydrogens is 272 g/mol. The van der Waals surface area contributed by atoms with Crippen molar-refractivity contribution < 1.29 is 9.90 Å². The monoisotopic (exact) mass is 304 g/mol. The van der Waals surface area contributed by atoms with Crippen molar-refractivity contribution in [3.05, 3.63) is 23.3 Å². The standard InChI is InChI=1S/C20H32O2/c1-14-7-8-18-19(3,4)10-6-11-20(18,5)16(14)13-17(22)15(2)9-12-21/h7,9,12,16-18,22H,6,8,10-11,13H2,1-5H3/b15-9+/t16-,17+,18-,20+/m0/s1. The van der Waals surface area contributed by atoms with Gasteiger partial charge in [-0.3, -0.25) is 4.79 Å². The summed E-state index contributed by atoms with van der Waals surface area (Å²) in [7, 11) is 0. The summed E-state index contributed by atoms with van der Waals surface area (Å²) in [5.41, 5.74) is 2.85. The van der Waals surface area contributed by atoms with Crippen molar-refractivity contribution >= 4 is 6.29 Å². The Morgan fingerprint density at radius 2 is 2.09 bits per heavy atom. The first-order chi connectivity index (χ1) is 10.2. The predicted octanol–water partition coefficient (Wildman–Crippen LogP) is 4.68. The third-order valence-corrected chi connectivity index (χ3v) is 6.61. The molecule has 0 spiro atoms. The van der Waals surface area contributed by atoms with E-state index in [0.29, 0.717) is 17.3 Å². The molecule has 1 fully saturated rings. The van der Waals surface area contributed by atoms with Gasteiger partial charge in [-0.1, -0.05) is 38.8 Å². The van der Waals surface area contributed by atoms with Crippen molar-refractivity contribution in [2.45, 2.75) is 72.8 Å². The summed E-state index contributed by atoms with van der Waals surface area (Å²) < 4.78 is 0. The lowest BCUT2D eigenvalue weighted by molar-refractivity contribution is -0.104. The van der Waals surface area contributed by atoms with Gasteiger partial charge in [0.1, 0.15) is 6.29 Å². The lowest BCUT2D eigenvalue weighted by atomic mass is 9.48. The number of hydrogen-bond acceptors (Lipinski definition) is 2. The molecule has 0 radical (unpaired) electrons. The first-order valence-corrected chi connectivity index (χ1v) is 8.69. The van der Waals surface area contributed by atoms with Crippen LogP contribution in [0.4, 0.5) is 0 Å². The fourth-order valence-corrected chi connectivity index (χ4v) is 5.22. The highest BCUT2D eigenvalue weighted by Crippen LogP contribution is 2.60. The van der Waals surface area contributed by atoms with Gasteiger partial charge in [0, 0.05) is 0 Å². The van der Waals surface area contributed by atoms with Crippen LogP contribution in [0.15, 0.2) is 23.3 Å². The van der Waals surface area contributed by atoms with Gasteiger partial charge in [-0.15, -0.1) is 0 Å². The number of carbonyl (C=O) groups is 1. The summed E-state index contributed by atoms with van der Waals surface area (Å²) in [6, 6.07) is 0. The fraction of sp³-hybridized carbons (Fsp3) is 0.750. The van der Waals surface area contributed by atoms with Gasteiger partial charge in [0.15, 0.2) is 0 Å². The number of aldehydes is 1. The largest absolute Gasteiger partial charge is 0.389 e. The second kappa shape index (κ2) is 6.31. The number of rotatable bonds is 4. The normalized spacial score (nSPS) is 36.3. The Bertz CT molecular complexity index is 486. The molecule has 2 rings (SSSR count). The van der Waals surface area contributed by atoms with Crippen LogP contribution in [-0.4, -0.2) is 17.5 Å². The maximum absolute atomic E-state index is 10.7. The van der Waals surface area contributed by atoms with E-state index in [4.69, 9.17) is 0 Å². The Morgan fingerprint density at radius 1 is 1.41 bits per heavy atom. The number of aliphatic hydroxyl groups is 1. The van der Waals surface area contributed by atoms with E-state index in [2.05, 4.69) is 33.8 Å². The van der Waals surface area contributed by atoms with Gasteiger partial charge in [0.25, 0.3) is 0 Å². The maximum Gasteiger partial charge on any atom is 0.142 e. The summed E-state index contributed by atoms with van der Waals surface area (Å²) in [5, 5.41) is 10.5. The van der Waals surface area contributed by atoms with Crippen LogP contribution >= 0.6 is 0 Å². The summed E-state index contributed by atoms with van der Waals surface area (Å²) in [6.45, 7) is 11.3. The molecule has 22 heavy (non-hydrogen) atoms. The molecule has 0 saturated heterocycles. The molecular formula is C20H32O2. The summed E-state index contributed by atoms with van der Waals surface area (Å²) in [4.78, 5) is 10.7. The van der Waals surface area contributed by atoms with Crippen molar-refractivity contribution in [1.29, 1.82) is 0 Å². The fourth-order valence-electron chi connectivity index (χ4n) is 5.22. The zero-order valence-corrected chi connectivity index (χ0v) is 14.9. The predicted molar refractivity (Wildman–Crippen MR) is 91.5 cm³/mol. The van der Waals surface area contributed by atoms with Gasteiger partial charge in [0.05, 0.1) is 6.10 Å². The Hall–Kier alpha value is -0.890. The van der Waals surface area contributed by atoms with Gasteiger partial charge in [-0.2, -0.15) is 0 Å².